The second-order valence-corrected chi connectivity index (χ2v) is 8.95. The molecule has 2 heterocycles. The fourth-order valence-electron chi connectivity index (χ4n) is 3.43. The van der Waals surface area contributed by atoms with E-state index in [2.05, 4.69) is 41.2 Å². The van der Waals surface area contributed by atoms with E-state index in [1.54, 1.807) is 30.7 Å². The number of aliphatic imine (C=N–C) groups is 1. The Hall–Kier alpha value is -4.43. The summed E-state index contributed by atoms with van der Waals surface area (Å²) in [6, 6.07) is 7.32. The van der Waals surface area contributed by atoms with E-state index in [9.17, 15) is 4.79 Å². The highest BCUT2D eigenvalue weighted by molar-refractivity contribution is 6.30. The number of hydrogen-bond donors (Lipinski definition) is 4. The van der Waals surface area contributed by atoms with E-state index in [1.807, 2.05) is 32.9 Å². The lowest BCUT2D eigenvalue weighted by molar-refractivity contribution is 0.0954. The molecule has 0 aliphatic rings. The van der Waals surface area contributed by atoms with Gasteiger partial charge in [0.1, 0.15) is 0 Å². The number of nitrogens with zero attached hydrogens (tertiary/aromatic N) is 5. The van der Waals surface area contributed by atoms with E-state index in [4.69, 9.17) is 21.6 Å². The average molecular weight is 536 g/mol. The fourth-order valence-corrected chi connectivity index (χ4v) is 3.60. The molecule has 12 heteroatoms. The van der Waals surface area contributed by atoms with Crippen molar-refractivity contribution in [1.29, 1.82) is 5.26 Å². The molecule has 11 nitrogen and oxygen atoms in total. The van der Waals surface area contributed by atoms with Crippen molar-refractivity contribution in [2.75, 3.05) is 25.5 Å². The van der Waals surface area contributed by atoms with Gasteiger partial charge in [-0.05, 0) is 51.0 Å². The largest absolute Gasteiger partial charge is 0.491 e. The number of ether oxygens (including phenoxy) is 1. The Balaban J connectivity index is 1.70. The van der Waals surface area contributed by atoms with Gasteiger partial charge in [0.2, 0.25) is 12.2 Å². The lowest BCUT2D eigenvalue weighted by atomic mass is 10.1. The van der Waals surface area contributed by atoms with Crippen LogP contribution >= 0.6 is 11.6 Å². The minimum Gasteiger partial charge on any atom is -0.491 e. The van der Waals surface area contributed by atoms with Crippen molar-refractivity contribution in [3.05, 3.63) is 59.0 Å². The van der Waals surface area contributed by atoms with E-state index in [1.165, 1.54) is 13.3 Å². The number of aryl methyl sites for hydroxylation is 1. The van der Waals surface area contributed by atoms with E-state index < -0.39 is 0 Å². The highest BCUT2D eigenvalue weighted by Gasteiger charge is 2.16. The van der Waals surface area contributed by atoms with Gasteiger partial charge in [0.25, 0.3) is 5.91 Å². The first-order chi connectivity index (χ1) is 18.3. The summed E-state index contributed by atoms with van der Waals surface area (Å²) in [6.45, 7) is 6.76. The third-order valence-electron chi connectivity index (χ3n) is 5.25. The number of rotatable bonds is 10. The van der Waals surface area contributed by atoms with Gasteiger partial charge in [0, 0.05) is 42.1 Å². The SMILES string of the molecule is COc1cnc(-c2cc(Cl)ccc2C)nc1Nc1ccncc1C(=O)NCCCN/C(=N\C#N)NC(C)C. The summed E-state index contributed by atoms with van der Waals surface area (Å²) >= 11 is 6.19. The number of halogens is 1. The molecule has 1 aromatic carbocycles. The van der Waals surface area contributed by atoms with Gasteiger partial charge < -0.3 is 26.0 Å². The Morgan fingerprint density at radius 1 is 1.21 bits per heavy atom. The first-order valence-electron chi connectivity index (χ1n) is 12.0. The molecule has 198 valence electrons. The Bertz CT molecular complexity index is 1340. The van der Waals surface area contributed by atoms with Crippen molar-refractivity contribution in [2.24, 2.45) is 4.99 Å². The van der Waals surface area contributed by atoms with Gasteiger partial charge in [-0.15, -0.1) is 4.99 Å². The summed E-state index contributed by atoms with van der Waals surface area (Å²) in [5.41, 5.74) is 2.60. The molecule has 2 aromatic heterocycles. The molecule has 0 atom stereocenters. The Labute approximate surface area is 226 Å². The van der Waals surface area contributed by atoms with Crippen LogP contribution in [0.2, 0.25) is 5.02 Å². The summed E-state index contributed by atoms with van der Waals surface area (Å²) in [6.07, 6.45) is 7.00. The number of nitriles is 1. The minimum atomic E-state index is -0.300. The Morgan fingerprint density at radius 3 is 2.74 bits per heavy atom. The third kappa shape index (κ3) is 7.78. The van der Waals surface area contributed by atoms with Gasteiger partial charge in [0.05, 0.1) is 24.6 Å². The quantitative estimate of drug-likeness (QED) is 0.131. The van der Waals surface area contributed by atoms with Gasteiger partial charge in [-0.2, -0.15) is 5.26 Å². The van der Waals surface area contributed by atoms with Gasteiger partial charge >= 0.3 is 0 Å². The summed E-state index contributed by atoms with van der Waals surface area (Å²) in [4.78, 5) is 29.8. The molecule has 0 radical (unpaired) electrons. The monoisotopic (exact) mass is 535 g/mol. The lowest BCUT2D eigenvalue weighted by Crippen LogP contribution is -2.41. The lowest BCUT2D eigenvalue weighted by Gasteiger charge is -2.15. The number of hydrogen-bond acceptors (Lipinski definition) is 8. The number of pyridine rings is 1. The summed E-state index contributed by atoms with van der Waals surface area (Å²) < 4.78 is 5.44. The van der Waals surface area contributed by atoms with Gasteiger partial charge in [0.15, 0.2) is 17.4 Å². The number of carbonyl (C=O) groups is 1. The predicted molar refractivity (Wildman–Crippen MR) is 148 cm³/mol. The Kier molecular flexibility index (Phi) is 10.2. The molecule has 0 unspecified atom stereocenters. The number of benzene rings is 1. The highest BCUT2D eigenvalue weighted by Crippen LogP contribution is 2.30. The molecule has 0 fully saturated rings. The number of guanidine groups is 1. The van der Waals surface area contributed by atoms with Crippen LogP contribution in [-0.2, 0) is 0 Å². The molecule has 0 saturated heterocycles. The molecular weight excluding hydrogens is 506 g/mol. The number of carbonyl (C=O) groups excluding carboxylic acids is 1. The predicted octanol–water partition coefficient (Wildman–Crippen LogP) is 3.80. The number of anilines is 2. The maximum absolute atomic E-state index is 13.0. The fraction of sp³-hybridized carbons (Fsp3) is 0.308. The Morgan fingerprint density at radius 2 is 2.00 bits per heavy atom. The standard InChI is InChI=1S/C26H30ClN9O2/c1-16(2)34-26(33-15-28)31-10-5-9-30-25(37)20-13-29-11-8-21(20)35-24-22(38-4)14-32-23(36-24)19-12-18(27)7-6-17(19)3/h6-8,11-14,16H,5,9-10H2,1-4H3,(H,30,37)(H2,31,33,34)(H,29,32,35,36). The zero-order valence-electron chi connectivity index (χ0n) is 21.7. The van der Waals surface area contributed by atoms with Gasteiger partial charge in [-0.1, -0.05) is 17.7 Å². The summed E-state index contributed by atoms with van der Waals surface area (Å²) in [5, 5.41) is 21.6. The second-order valence-electron chi connectivity index (χ2n) is 8.51. The normalized spacial score (nSPS) is 11.0. The van der Waals surface area contributed by atoms with Crippen LogP contribution in [0.25, 0.3) is 11.4 Å². The van der Waals surface area contributed by atoms with Crippen molar-refractivity contribution in [1.82, 2.24) is 30.9 Å². The van der Waals surface area contributed by atoms with Gasteiger partial charge in [-0.3, -0.25) is 9.78 Å². The van der Waals surface area contributed by atoms with Crippen LogP contribution < -0.4 is 26.0 Å². The van der Waals surface area contributed by atoms with Crippen molar-refractivity contribution >= 4 is 35.0 Å². The summed E-state index contributed by atoms with van der Waals surface area (Å²) in [7, 11) is 1.52. The van der Waals surface area contributed by atoms with Crippen LogP contribution in [0.4, 0.5) is 11.5 Å². The van der Waals surface area contributed by atoms with Crippen molar-refractivity contribution < 1.29 is 9.53 Å². The first-order valence-corrected chi connectivity index (χ1v) is 12.3. The zero-order chi connectivity index (χ0) is 27.5. The molecule has 3 rings (SSSR count). The second kappa shape index (κ2) is 13.8. The van der Waals surface area contributed by atoms with Crippen molar-refractivity contribution in [3.8, 4) is 23.3 Å². The smallest absolute Gasteiger partial charge is 0.254 e. The number of aromatic nitrogens is 3. The maximum atomic E-state index is 13.0. The molecule has 0 aliphatic heterocycles. The number of amides is 1. The molecule has 1 amide bonds. The van der Waals surface area contributed by atoms with Crippen LogP contribution in [0, 0.1) is 18.4 Å². The third-order valence-corrected chi connectivity index (χ3v) is 5.49. The maximum Gasteiger partial charge on any atom is 0.254 e. The first kappa shape index (κ1) is 28.1. The van der Waals surface area contributed by atoms with Crippen LogP contribution in [0.5, 0.6) is 5.75 Å². The number of nitrogens with one attached hydrogen (secondary N) is 4. The average Bonchev–Trinajstić information content (AvgIpc) is 2.89. The van der Waals surface area contributed by atoms with Gasteiger partial charge in [-0.25, -0.2) is 9.97 Å². The van der Waals surface area contributed by atoms with Crippen LogP contribution in [-0.4, -0.2) is 53.1 Å². The highest BCUT2D eigenvalue weighted by atomic mass is 35.5. The molecule has 0 spiro atoms. The molecule has 3 aromatic rings. The van der Waals surface area contributed by atoms with E-state index in [0.29, 0.717) is 59.1 Å². The van der Waals surface area contributed by atoms with Crippen molar-refractivity contribution in [2.45, 2.75) is 33.2 Å². The van der Waals surface area contributed by atoms with Crippen LogP contribution in [0.15, 0.2) is 47.8 Å². The van der Waals surface area contributed by atoms with E-state index in [0.717, 1.165) is 11.1 Å². The van der Waals surface area contributed by atoms with Crippen LogP contribution in [0.1, 0.15) is 36.2 Å². The van der Waals surface area contributed by atoms with Crippen LogP contribution in [0.3, 0.4) is 0 Å². The number of methoxy groups -OCH3 is 1. The molecule has 38 heavy (non-hydrogen) atoms. The molecule has 0 saturated carbocycles. The molecule has 0 aliphatic carbocycles. The molecular formula is C26H30ClN9O2. The summed E-state index contributed by atoms with van der Waals surface area (Å²) in [5.74, 6) is 1.37. The van der Waals surface area contributed by atoms with E-state index >= 15 is 0 Å². The zero-order valence-corrected chi connectivity index (χ0v) is 22.4. The minimum absolute atomic E-state index is 0.130. The van der Waals surface area contributed by atoms with E-state index in [-0.39, 0.29) is 11.9 Å². The van der Waals surface area contributed by atoms with Crippen molar-refractivity contribution in [3.63, 3.8) is 0 Å². The molecule has 4 N–H and O–H groups in total. The molecule has 0 bridgehead atoms. The topological polar surface area (TPSA) is 149 Å².